The van der Waals surface area contributed by atoms with Crippen LogP contribution in [-0.4, -0.2) is 59.9 Å². The number of imide groups is 1. The first-order valence-electron chi connectivity index (χ1n) is 7.99. The van der Waals surface area contributed by atoms with Crippen molar-refractivity contribution >= 4 is 11.8 Å². The standard InChI is InChI=1S/C15H27N3O2/c1-3-17(4-2)10-9-16-13-11-14(19)18(15(13)20)12-7-5-6-8-12/h12-13,16H,3-11H2,1-2H3. The van der Waals surface area contributed by atoms with Crippen LogP contribution in [0.5, 0.6) is 0 Å². The molecule has 5 nitrogen and oxygen atoms in total. The highest BCUT2D eigenvalue weighted by atomic mass is 16.2. The molecule has 1 saturated carbocycles. The summed E-state index contributed by atoms with van der Waals surface area (Å²) < 4.78 is 0. The summed E-state index contributed by atoms with van der Waals surface area (Å²) in [5.41, 5.74) is 0. The lowest BCUT2D eigenvalue weighted by molar-refractivity contribution is -0.141. The Bertz CT molecular complexity index is 349. The van der Waals surface area contributed by atoms with Crippen molar-refractivity contribution in [3.05, 3.63) is 0 Å². The molecule has 0 radical (unpaired) electrons. The number of carbonyl (C=O) groups excluding carboxylic acids is 2. The SMILES string of the molecule is CCN(CC)CCNC1CC(=O)N(C2CCCC2)C1=O. The van der Waals surface area contributed by atoms with Crippen LogP contribution in [0, 0.1) is 0 Å². The molecule has 2 amide bonds. The topological polar surface area (TPSA) is 52.7 Å². The van der Waals surface area contributed by atoms with Crippen molar-refractivity contribution in [2.24, 2.45) is 0 Å². The highest BCUT2D eigenvalue weighted by molar-refractivity contribution is 6.05. The minimum atomic E-state index is -0.293. The summed E-state index contributed by atoms with van der Waals surface area (Å²) in [5.74, 6) is 0.0173. The van der Waals surface area contributed by atoms with E-state index >= 15 is 0 Å². The molecule has 20 heavy (non-hydrogen) atoms. The van der Waals surface area contributed by atoms with Crippen molar-refractivity contribution in [2.75, 3.05) is 26.2 Å². The fraction of sp³-hybridized carbons (Fsp3) is 0.867. The summed E-state index contributed by atoms with van der Waals surface area (Å²) >= 11 is 0. The van der Waals surface area contributed by atoms with Gasteiger partial charge in [0.15, 0.2) is 0 Å². The van der Waals surface area contributed by atoms with Gasteiger partial charge < -0.3 is 10.2 Å². The molecule has 0 aromatic rings. The van der Waals surface area contributed by atoms with Gasteiger partial charge in [-0.3, -0.25) is 14.5 Å². The smallest absolute Gasteiger partial charge is 0.247 e. The Morgan fingerprint density at radius 3 is 2.45 bits per heavy atom. The van der Waals surface area contributed by atoms with Crippen LogP contribution >= 0.6 is 0 Å². The predicted molar refractivity (Wildman–Crippen MR) is 78.3 cm³/mol. The summed E-state index contributed by atoms with van der Waals surface area (Å²) in [6, 6.07) is -0.122. The Hall–Kier alpha value is -0.940. The molecular weight excluding hydrogens is 254 g/mol. The molecule has 1 saturated heterocycles. The molecule has 2 rings (SSSR count). The van der Waals surface area contributed by atoms with Crippen molar-refractivity contribution < 1.29 is 9.59 Å². The molecule has 1 aliphatic heterocycles. The Labute approximate surface area is 121 Å². The molecule has 0 spiro atoms. The molecular formula is C15H27N3O2. The van der Waals surface area contributed by atoms with Gasteiger partial charge in [-0.2, -0.15) is 0 Å². The monoisotopic (exact) mass is 281 g/mol. The number of hydrogen-bond acceptors (Lipinski definition) is 4. The highest BCUT2D eigenvalue weighted by Gasteiger charge is 2.42. The number of likely N-dealkylation sites (N-methyl/N-ethyl adjacent to an activating group) is 1. The van der Waals surface area contributed by atoms with Gasteiger partial charge in [0.2, 0.25) is 11.8 Å². The van der Waals surface area contributed by atoms with E-state index in [4.69, 9.17) is 0 Å². The second kappa shape index (κ2) is 7.18. The molecule has 1 heterocycles. The van der Waals surface area contributed by atoms with E-state index in [9.17, 15) is 9.59 Å². The third-order valence-corrected chi connectivity index (χ3v) is 4.59. The zero-order valence-electron chi connectivity index (χ0n) is 12.7. The zero-order chi connectivity index (χ0) is 14.5. The van der Waals surface area contributed by atoms with E-state index in [1.165, 1.54) is 0 Å². The van der Waals surface area contributed by atoms with E-state index in [1.807, 2.05) is 0 Å². The minimum absolute atomic E-state index is 0.00134. The minimum Gasteiger partial charge on any atom is -0.304 e. The van der Waals surface area contributed by atoms with Crippen molar-refractivity contribution in [1.82, 2.24) is 15.1 Å². The van der Waals surface area contributed by atoms with Gasteiger partial charge in [-0.15, -0.1) is 0 Å². The average Bonchev–Trinajstić information content (AvgIpc) is 3.04. The van der Waals surface area contributed by atoms with Crippen LogP contribution in [0.3, 0.4) is 0 Å². The van der Waals surface area contributed by atoms with Crippen LogP contribution in [-0.2, 0) is 9.59 Å². The molecule has 1 N–H and O–H groups in total. The van der Waals surface area contributed by atoms with Gasteiger partial charge in [0.1, 0.15) is 0 Å². The normalized spacial score (nSPS) is 24.4. The third-order valence-electron chi connectivity index (χ3n) is 4.59. The number of nitrogens with one attached hydrogen (secondary N) is 1. The van der Waals surface area contributed by atoms with E-state index in [0.717, 1.165) is 51.9 Å². The van der Waals surface area contributed by atoms with Crippen LogP contribution in [0.4, 0.5) is 0 Å². The molecule has 5 heteroatoms. The van der Waals surface area contributed by atoms with Crippen LogP contribution in [0.2, 0.25) is 0 Å². The van der Waals surface area contributed by atoms with E-state index in [2.05, 4.69) is 24.1 Å². The molecule has 1 atom stereocenters. The Balaban J connectivity index is 1.82. The second-order valence-electron chi connectivity index (χ2n) is 5.78. The van der Waals surface area contributed by atoms with E-state index in [1.54, 1.807) is 4.90 Å². The lowest BCUT2D eigenvalue weighted by Crippen LogP contribution is -2.44. The largest absolute Gasteiger partial charge is 0.304 e. The van der Waals surface area contributed by atoms with Gasteiger partial charge in [0.05, 0.1) is 12.5 Å². The van der Waals surface area contributed by atoms with Crippen LogP contribution in [0.15, 0.2) is 0 Å². The zero-order valence-corrected chi connectivity index (χ0v) is 12.7. The van der Waals surface area contributed by atoms with E-state index in [0.29, 0.717) is 6.42 Å². The fourth-order valence-electron chi connectivity index (χ4n) is 3.29. The maximum Gasteiger partial charge on any atom is 0.247 e. The maximum atomic E-state index is 12.3. The van der Waals surface area contributed by atoms with Gasteiger partial charge >= 0.3 is 0 Å². The number of nitrogens with zero attached hydrogens (tertiary/aromatic N) is 2. The first kappa shape index (κ1) is 15.4. The third kappa shape index (κ3) is 3.38. The summed E-state index contributed by atoms with van der Waals surface area (Å²) in [7, 11) is 0. The van der Waals surface area contributed by atoms with Crippen molar-refractivity contribution in [1.29, 1.82) is 0 Å². The Kier molecular flexibility index (Phi) is 5.54. The summed E-state index contributed by atoms with van der Waals surface area (Å²) in [6.45, 7) is 8.00. The molecule has 0 aromatic heterocycles. The first-order valence-corrected chi connectivity index (χ1v) is 7.99. The molecule has 1 aliphatic carbocycles. The van der Waals surface area contributed by atoms with E-state index < -0.39 is 0 Å². The number of carbonyl (C=O) groups is 2. The second-order valence-corrected chi connectivity index (χ2v) is 5.78. The number of amides is 2. The van der Waals surface area contributed by atoms with Crippen molar-refractivity contribution in [2.45, 2.75) is 58.0 Å². The Morgan fingerprint density at radius 2 is 1.85 bits per heavy atom. The van der Waals surface area contributed by atoms with Gasteiger partial charge in [-0.1, -0.05) is 26.7 Å². The summed E-state index contributed by atoms with van der Waals surface area (Å²) in [6.07, 6.45) is 4.60. The van der Waals surface area contributed by atoms with Gasteiger partial charge in [0, 0.05) is 19.1 Å². The highest BCUT2D eigenvalue weighted by Crippen LogP contribution is 2.28. The molecule has 2 fully saturated rings. The van der Waals surface area contributed by atoms with Crippen LogP contribution < -0.4 is 5.32 Å². The maximum absolute atomic E-state index is 12.3. The Morgan fingerprint density at radius 1 is 1.20 bits per heavy atom. The van der Waals surface area contributed by atoms with Crippen molar-refractivity contribution in [3.63, 3.8) is 0 Å². The van der Waals surface area contributed by atoms with Gasteiger partial charge in [-0.05, 0) is 25.9 Å². The number of likely N-dealkylation sites (tertiary alicyclic amines) is 1. The lowest BCUT2D eigenvalue weighted by atomic mass is 10.2. The molecule has 114 valence electrons. The predicted octanol–water partition coefficient (Wildman–Crippen LogP) is 0.988. The molecule has 2 aliphatic rings. The van der Waals surface area contributed by atoms with Crippen LogP contribution in [0.25, 0.3) is 0 Å². The number of hydrogen-bond donors (Lipinski definition) is 1. The van der Waals surface area contributed by atoms with Gasteiger partial charge in [0.25, 0.3) is 0 Å². The summed E-state index contributed by atoms with van der Waals surface area (Å²) in [4.78, 5) is 28.2. The summed E-state index contributed by atoms with van der Waals surface area (Å²) in [5, 5.41) is 3.26. The van der Waals surface area contributed by atoms with Gasteiger partial charge in [-0.25, -0.2) is 0 Å². The fourth-order valence-corrected chi connectivity index (χ4v) is 3.29. The van der Waals surface area contributed by atoms with Crippen molar-refractivity contribution in [3.8, 4) is 0 Å². The van der Waals surface area contributed by atoms with E-state index in [-0.39, 0.29) is 23.9 Å². The molecule has 0 aromatic carbocycles. The first-order chi connectivity index (χ1) is 9.67. The quantitative estimate of drug-likeness (QED) is 0.707. The average molecular weight is 281 g/mol. The van der Waals surface area contributed by atoms with Crippen LogP contribution in [0.1, 0.15) is 46.0 Å². The molecule has 1 unspecified atom stereocenters. The lowest BCUT2D eigenvalue weighted by Gasteiger charge is -2.23. The number of rotatable bonds is 7. The molecule has 0 bridgehead atoms.